The van der Waals surface area contributed by atoms with E-state index in [1.165, 1.54) is 6.08 Å². The van der Waals surface area contributed by atoms with Gasteiger partial charge in [-0.1, -0.05) is 29.8 Å². The maximum Gasteiger partial charge on any atom is 0.246 e. The van der Waals surface area contributed by atoms with Crippen molar-refractivity contribution in [3.8, 4) is 0 Å². The Morgan fingerprint density at radius 2 is 2.09 bits per heavy atom. The molecule has 1 heterocycles. The second kappa shape index (κ2) is 8.21. The number of nitrogens with one attached hydrogen (secondary N) is 2. The SMILES string of the molecule is C=CC(=O)N1CCC(NC(=O)CNc2cc(Cl)c(Cl)cc2I)C1. The van der Waals surface area contributed by atoms with E-state index < -0.39 is 0 Å². The van der Waals surface area contributed by atoms with E-state index in [0.717, 1.165) is 15.7 Å². The Morgan fingerprint density at radius 3 is 2.78 bits per heavy atom. The molecule has 2 rings (SSSR count). The van der Waals surface area contributed by atoms with Crippen LogP contribution in [0.1, 0.15) is 6.42 Å². The normalized spacial score (nSPS) is 17.0. The first-order valence-corrected chi connectivity index (χ1v) is 8.83. The van der Waals surface area contributed by atoms with Crippen molar-refractivity contribution in [1.82, 2.24) is 10.2 Å². The zero-order chi connectivity index (χ0) is 17.0. The lowest BCUT2D eigenvalue weighted by atomic mass is 10.2. The maximum atomic E-state index is 12.0. The number of hydrogen-bond acceptors (Lipinski definition) is 3. The molecule has 23 heavy (non-hydrogen) atoms. The molecule has 1 aliphatic rings. The van der Waals surface area contributed by atoms with Crippen LogP contribution in [0.2, 0.25) is 10.0 Å². The van der Waals surface area contributed by atoms with Gasteiger partial charge in [0.2, 0.25) is 11.8 Å². The van der Waals surface area contributed by atoms with Crippen LogP contribution in [0, 0.1) is 3.57 Å². The van der Waals surface area contributed by atoms with E-state index >= 15 is 0 Å². The van der Waals surface area contributed by atoms with Crippen LogP contribution < -0.4 is 10.6 Å². The molecule has 124 valence electrons. The number of anilines is 1. The number of carbonyl (C=O) groups is 2. The van der Waals surface area contributed by atoms with Gasteiger partial charge in [0, 0.05) is 28.4 Å². The molecule has 2 N–H and O–H groups in total. The number of likely N-dealkylation sites (tertiary alicyclic amines) is 1. The Hall–Kier alpha value is -0.990. The Labute approximate surface area is 158 Å². The predicted octanol–water partition coefficient (Wildman–Crippen LogP) is 2.91. The van der Waals surface area contributed by atoms with E-state index in [0.29, 0.717) is 23.1 Å². The van der Waals surface area contributed by atoms with E-state index in [1.54, 1.807) is 17.0 Å². The van der Waals surface area contributed by atoms with E-state index in [2.05, 4.69) is 39.8 Å². The van der Waals surface area contributed by atoms with E-state index in [1.807, 2.05) is 0 Å². The number of carbonyl (C=O) groups excluding carboxylic acids is 2. The minimum Gasteiger partial charge on any atom is -0.375 e. The van der Waals surface area contributed by atoms with Crippen molar-refractivity contribution in [2.45, 2.75) is 12.5 Å². The number of rotatable bonds is 5. The van der Waals surface area contributed by atoms with Crippen LogP contribution in [-0.2, 0) is 9.59 Å². The highest BCUT2D eigenvalue weighted by Crippen LogP contribution is 2.29. The zero-order valence-corrected chi connectivity index (χ0v) is 15.9. The Balaban J connectivity index is 1.83. The summed E-state index contributed by atoms with van der Waals surface area (Å²) >= 11 is 14.0. The lowest BCUT2D eigenvalue weighted by molar-refractivity contribution is -0.125. The topological polar surface area (TPSA) is 61.4 Å². The third-order valence-electron chi connectivity index (χ3n) is 3.49. The lowest BCUT2D eigenvalue weighted by Crippen LogP contribution is -2.40. The quantitative estimate of drug-likeness (QED) is 0.397. The van der Waals surface area contributed by atoms with Crippen molar-refractivity contribution in [2.75, 3.05) is 25.0 Å². The first-order chi connectivity index (χ1) is 10.9. The fourth-order valence-electron chi connectivity index (χ4n) is 2.32. The molecule has 1 aliphatic heterocycles. The van der Waals surface area contributed by atoms with Gasteiger partial charge in [0.15, 0.2) is 0 Å². The summed E-state index contributed by atoms with van der Waals surface area (Å²) in [6, 6.07) is 3.40. The Morgan fingerprint density at radius 1 is 1.39 bits per heavy atom. The van der Waals surface area contributed by atoms with Crippen LogP contribution in [0.3, 0.4) is 0 Å². The molecule has 0 bridgehead atoms. The van der Waals surface area contributed by atoms with Gasteiger partial charge in [-0.2, -0.15) is 0 Å². The second-order valence-electron chi connectivity index (χ2n) is 5.14. The number of halogens is 3. The summed E-state index contributed by atoms with van der Waals surface area (Å²) in [6.45, 7) is 4.74. The molecular formula is C15H16Cl2IN3O2. The average Bonchev–Trinajstić information content (AvgIpc) is 2.97. The summed E-state index contributed by atoms with van der Waals surface area (Å²) in [7, 11) is 0. The van der Waals surface area contributed by atoms with Crippen molar-refractivity contribution >= 4 is 63.3 Å². The van der Waals surface area contributed by atoms with Crippen LogP contribution >= 0.6 is 45.8 Å². The van der Waals surface area contributed by atoms with Gasteiger partial charge in [-0.25, -0.2) is 0 Å². The van der Waals surface area contributed by atoms with Crippen molar-refractivity contribution in [2.24, 2.45) is 0 Å². The molecule has 1 saturated heterocycles. The molecule has 2 amide bonds. The number of nitrogens with zero attached hydrogens (tertiary/aromatic N) is 1. The Kier molecular flexibility index (Phi) is 6.55. The van der Waals surface area contributed by atoms with Crippen molar-refractivity contribution in [3.63, 3.8) is 0 Å². The molecule has 0 aliphatic carbocycles. The standard InChI is InChI=1S/C15H16Cl2IN3O2/c1-2-15(23)21-4-3-9(8-21)20-14(22)7-19-13-6-11(17)10(16)5-12(13)18/h2,5-6,9,19H,1,3-4,7-8H2,(H,20,22). The summed E-state index contributed by atoms with van der Waals surface area (Å²) in [4.78, 5) is 25.2. The van der Waals surface area contributed by atoms with Crippen molar-refractivity contribution < 1.29 is 9.59 Å². The van der Waals surface area contributed by atoms with Gasteiger partial charge in [0.05, 0.1) is 16.6 Å². The van der Waals surface area contributed by atoms with Crippen LogP contribution in [0.5, 0.6) is 0 Å². The van der Waals surface area contributed by atoms with Gasteiger partial charge in [-0.15, -0.1) is 0 Å². The molecule has 8 heteroatoms. The highest BCUT2D eigenvalue weighted by molar-refractivity contribution is 14.1. The molecule has 1 atom stereocenters. The fraction of sp³-hybridized carbons (Fsp3) is 0.333. The first-order valence-electron chi connectivity index (χ1n) is 7.00. The first kappa shape index (κ1) is 18.4. The van der Waals surface area contributed by atoms with Gasteiger partial charge >= 0.3 is 0 Å². The molecule has 0 radical (unpaired) electrons. The maximum absolute atomic E-state index is 12.0. The van der Waals surface area contributed by atoms with Crippen LogP contribution in [0.25, 0.3) is 0 Å². The summed E-state index contributed by atoms with van der Waals surface area (Å²) < 4.78 is 0.883. The monoisotopic (exact) mass is 467 g/mol. The van der Waals surface area contributed by atoms with Gasteiger partial charge in [0.1, 0.15) is 0 Å². The fourth-order valence-corrected chi connectivity index (χ4v) is 3.49. The van der Waals surface area contributed by atoms with Crippen LogP contribution in [0.4, 0.5) is 5.69 Å². The third kappa shape index (κ3) is 4.99. The molecule has 0 aromatic heterocycles. The van der Waals surface area contributed by atoms with Gasteiger partial charge in [-0.05, 0) is 47.2 Å². The molecule has 1 aromatic rings. The van der Waals surface area contributed by atoms with Gasteiger partial charge in [-0.3, -0.25) is 9.59 Å². The molecule has 0 spiro atoms. The van der Waals surface area contributed by atoms with Crippen molar-refractivity contribution in [1.29, 1.82) is 0 Å². The summed E-state index contributed by atoms with van der Waals surface area (Å²) in [5.74, 6) is -0.241. The summed E-state index contributed by atoms with van der Waals surface area (Å²) in [6.07, 6.45) is 2.04. The predicted molar refractivity (Wildman–Crippen MR) is 101 cm³/mol. The molecule has 1 aromatic carbocycles. The van der Waals surface area contributed by atoms with Gasteiger partial charge in [0.25, 0.3) is 0 Å². The summed E-state index contributed by atoms with van der Waals surface area (Å²) in [5.41, 5.74) is 0.755. The molecule has 1 fully saturated rings. The smallest absolute Gasteiger partial charge is 0.246 e. The second-order valence-corrected chi connectivity index (χ2v) is 7.12. The van der Waals surface area contributed by atoms with Crippen LogP contribution in [-0.4, -0.2) is 42.4 Å². The number of benzene rings is 1. The molecule has 1 unspecified atom stereocenters. The lowest BCUT2D eigenvalue weighted by Gasteiger charge is -2.16. The molecule has 0 saturated carbocycles. The highest BCUT2D eigenvalue weighted by atomic mass is 127. The molecular weight excluding hydrogens is 452 g/mol. The third-order valence-corrected chi connectivity index (χ3v) is 5.10. The zero-order valence-electron chi connectivity index (χ0n) is 12.2. The van der Waals surface area contributed by atoms with E-state index in [-0.39, 0.29) is 24.4 Å². The van der Waals surface area contributed by atoms with E-state index in [4.69, 9.17) is 23.2 Å². The number of hydrogen-bond donors (Lipinski definition) is 2. The number of amides is 2. The van der Waals surface area contributed by atoms with Crippen molar-refractivity contribution in [3.05, 3.63) is 38.4 Å². The van der Waals surface area contributed by atoms with Gasteiger partial charge < -0.3 is 15.5 Å². The molecule has 5 nitrogen and oxygen atoms in total. The Bertz CT molecular complexity index is 639. The minimum atomic E-state index is -0.134. The average molecular weight is 468 g/mol. The van der Waals surface area contributed by atoms with E-state index in [9.17, 15) is 9.59 Å². The minimum absolute atomic E-state index is 0.0268. The largest absolute Gasteiger partial charge is 0.375 e. The summed E-state index contributed by atoms with van der Waals surface area (Å²) in [5, 5.41) is 6.86. The van der Waals surface area contributed by atoms with Crippen LogP contribution in [0.15, 0.2) is 24.8 Å². The highest BCUT2D eigenvalue weighted by Gasteiger charge is 2.25.